The summed E-state index contributed by atoms with van der Waals surface area (Å²) in [7, 11) is 0. The van der Waals surface area contributed by atoms with Crippen LogP contribution in [0, 0.1) is 12.7 Å². The fraction of sp³-hybridized carbons (Fsp3) is 0.250. The van der Waals surface area contributed by atoms with Crippen LogP contribution in [0.4, 0.5) is 4.39 Å². The Morgan fingerprint density at radius 3 is 2.63 bits per heavy atom. The fourth-order valence-electron chi connectivity index (χ4n) is 2.10. The molecule has 0 spiro atoms. The Balaban J connectivity index is 2.02. The first-order valence-corrected chi connectivity index (χ1v) is 6.68. The molecular weight excluding hydrogens is 261 g/mol. The van der Waals surface area contributed by atoms with E-state index in [0.717, 1.165) is 5.56 Å². The summed E-state index contributed by atoms with van der Waals surface area (Å²) in [6.07, 6.45) is 0. The molecule has 1 N–H and O–H groups in total. The molecule has 0 amide bonds. The average Bonchev–Trinajstić information content (AvgIpc) is 2.40. The molecule has 1 atom stereocenters. The average molecular weight is 278 g/mol. The van der Waals surface area contributed by atoms with Crippen LogP contribution in [0.3, 0.4) is 0 Å². The van der Waals surface area contributed by atoms with Crippen molar-refractivity contribution in [3.8, 4) is 0 Å². The minimum Gasteiger partial charge on any atom is -0.306 e. The predicted molar refractivity (Wildman–Crippen MR) is 77.8 cm³/mol. The molecule has 1 nitrogen and oxygen atoms in total. The summed E-state index contributed by atoms with van der Waals surface area (Å²) >= 11 is 5.66. The van der Waals surface area contributed by atoms with Crippen molar-refractivity contribution < 1.29 is 4.39 Å². The maximum atomic E-state index is 13.3. The Labute approximate surface area is 118 Å². The van der Waals surface area contributed by atoms with Gasteiger partial charge in [-0.1, -0.05) is 41.9 Å². The van der Waals surface area contributed by atoms with Crippen LogP contribution in [0.5, 0.6) is 0 Å². The lowest BCUT2D eigenvalue weighted by molar-refractivity contribution is 0.567. The monoisotopic (exact) mass is 277 g/mol. The van der Waals surface area contributed by atoms with Gasteiger partial charge in [0.15, 0.2) is 0 Å². The molecule has 0 aliphatic rings. The Morgan fingerprint density at radius 1 is 1.21 bits per heavy atom. The van der Waals surface area contributed by atoms with Crippen molar-refractivity contribution in [2.75, 3.05) is 0 Å². The minimum atomic E-state index is -0.371. The van der Waals surface area contributed by atoms with Crippen LogP contribution in [0.25, 0.3) is 0 Å². The number of rotatable bonds is 4. The standard InChI is InChI=1S/C16H17ClFN/c1-11-5-3-4-6-14(11)12(2)19-10-13-7-8-15(17)16(18)9-13/h3-9,12,19H,10H2,1-2H3. The van der Waals surface area contributed by atoms with E-state index < -0.39 is 0 Å². The molecule has 0 aliphatic carbocycles. The lowest BCUT2D eigenvalue weighted by Gasteiger charge is -2.16. The molecule has 0 aromatic heterocycles. The van der Waals surface area contributed by atoms with Crippen molar-refractivity contribution in [2.45, 2.75) is 26.4 Å². The first-order chi connectivity index (χ1) is 9.08. The quantitative estimate of drug-likeness (QED) is 0.858. The normalized spacial score (nSPS) is 12.4. The molecule has 0 saturated heterocycles. The third-order valence-corrected chi connectivity index (χ3v) is 3.56. The molecule has 0 bridgehead atoms. The lowest BCUT2D eigenvalue weighted by Crippen LogP contribution is -2.18. The maximum Gasteiger partial charge on any atom is 0.142 e. The summed E-state index contributed by atoms with van der Waals surface area (Å²) in [5.41, 5.74) is 3.41. The minimum absolute atomic E-state index is 0.163. The van der Waals surface area contributed by atoms with Gasteiger partial charge in [-0.15, -0.1) is 0 Å². The van der Waals surface area contributed by atoms with Gasteiger partial charge in [-0.3, -0.25) is 0 Å². The number of aryl methyl sites for hydroxylation is 1. The van der Waals surface area contributed by atoms with Crippen LogP contribution in [-0.4, -0.2) is 0 Å². The highest BCUT2D eigenvalue weighted by Gasteiger charge is 2.08. The van der Waals surface area contributed by atoms with Gasteiger partial charge in [0.05, 0.1) is 5.02 Å². The summed E-state index contributed by atoms with van der Waals surface area (Å²) in [4.78, 5) is 0. The van der Waals surface area contributed by atoms with Gasteiger partial charge in [0.2, 0.25) is 0 Å². The first kappa shape index (κ1) is 14.0. The summed E-state index contributed by atoms with van der Waals surface area (Å²) in [5, 5.41) is 3.56. The molecule has 1 unspecified atom stereocenters. The fourth-order valence-corrected chi connectivity index (χ4v) is 2.22. The molecule has 2 aromatic carbocycles. The van der Waals surface area contributed by atoms with Gasteiger partial charge >= 0.3 is 0 Å². The zero-order chi connectivity index (χ0) is 13.8. The molecule has 2 rings (SSSR count). The van der Waals surface area contributed by atoms with Gasteiger partial charge in [0, 0.05) is 12.6 Å². The lowest BCUT2D eigenvalue weighted by atomic mass is 10.0. The second-order valence-corrected chi connectivity index (χ2v) is 5.11. The predicted octanol–water partition coefficient (Wildman–Crippen LogP) is 4.64. The second kappa shape index (κ2) is 6.18. The van der Waals surface area contributed by atoms with Crippen molar-refractivity contribution in [3.63, 3.8) is 0 Å². The Bertz CT molecular complexity index is 568. The van der Waals surface area contributed by atoms with Gasteiger partial charge in [-0.25, -0.2) is 4.39 Å². The van der Waals surface area contributed by atoms with Crippen molar-refractivity contribution in [3.05, 3.63) is 70.0 Å². The van der Waals surface area contributed by atoms with Crippen LogP contribution in [0.2, 0.25) is 5.02 Å². The van der Waals surface area contributed by atoms with Crippen LogP contribution < -0.4 is 5.32 Å². The van der Waals surface area contributed by atoms with Crippen molar-refractivity contribution in [1.82, 2.24) is 5.32 Å². The van der Waals surface area contributed by atoms with Crippen molar-refractivity contribution in [2.24, 2.45) is 0 Å². The zero-order valence-electron chi connectivity index (χ0n) is 11.1. The van der Waals surface area contributed by atoms with Gasteiger partial charge in [0.1, 0.15) is 5.82 Å². The molecule has 0 fully saturated rings. The molecular formula is C16H17ClFN. The van der Waals surface area contributed by atoms with Gasteiger partial charge in [0.25, 0.3) is 0 Å². The van der Waals surface area contributed by atoms with E-state index in [-0.39, 0.29) is 16.9 Å². The van der Waals surface area contributed by atoms with Crippen LogP contribution in [0.1, 0.15) is 29.7 Å². The van der Waals surface area contributed by atoms with Gasteiger partial charge < -0.3 is 5.32 Å². The summed E-state index contributed by atoms with van der Waals surface area (Å²) < 4.78 is 13.3. The number of halogens is 2. The molecule has 100 valence electrons. The van der Waals surface area contributed by atoms with E-state index in [1.165, 1.54) is 17.2 Å². The highest BCUT2D eigenvalue weighted by Crippen LogP contribution is 2.19. The maximum absolute atomic E-state index is 13.3. The number of hydrogen-bond donors (Lipinski definition) is 1. The van der Waals surface area contributed by atoms with E-state index in [1.54, 1.807) is 6.07 Å². The van der Waals surface area contributed by atoms with Crippen molar-refractivity contribution in [1.29, 1.82) is 0 Å². The molecule has 0 radical (unpaired) electrons. The number of nitrogens with one attached hydrogen (secondary N) is 1. The second-order valence-electron chi connectivity index (χ2n) is 4.71. The van der Waals surface area contributed by atoms with E-state index in [2.05, 4.69) is 31.3 Å². The Kier molecular flexibility index (Phi) is 4.56. The largest absolute Gasteiger partial charge is 0.306 e. The Hall–Kier alpha value is -1.38. The van der Waals surface area contributed by atoms with E-state index in [9.17, 15) is 4.39 Å². The zero-order valence-corrected chi connectivity index (χ0v) is 11.8. The first-order valence-electron chi connectivity index (χ1n) is 6.31. The van der Waals surface area contributed by atoms with Crippen LogP contribution in [0.15, 0.2) is 42.5 Å². The summed E-state index contributed by atoms with van der Waals surface area (Å²) in [6, 6.07) is 13.4. The topological polar surface area (TPSA) is 12.0 Å². The molecule has 3 heteroatoms. The smallest absolute Gasteiger partial charge is 0.142 e. The van der Waals surface area contributed by atoms with Crippen LogP contribution >= 0.6 is 11.6 Å². The van der Waals surface area contributed by atoms with Crippen molar-refractivity contribution >= 4 is 11.6 Å². The Morgan fingerprint density at radius 2 is 1.95 bits per heavy atom. The highest BCUT2D eigenvalue weighted by molar-refractivity contribution is 6.30. The van der Waals surface area contributed by atoms with Gasteiger partial charge in [-0.2, -0.15) is 0 Å². The van der Waals surface area contributed by atoms with E-state index >= 15 is 0 Å². The molecule has 0 aliphatic heterocycles. The molecule has 0 heterocycles. The van der Waals surface area contributed by atoms with Crippen LogP contribution in [-0.2, 0) is 6.54 Å². The van der Waals surface area contributed by atoms with E-state index in [1.807, 2.05) is 18.2 Å². The molecule has 0 saturated carbocycles. The molecule has 2 aromatic rings. The highest BCUT2D eigenvalue weighted by atomic mass is 35.5. The number of hydrogen-bond acceptors (Lipinski definition) is 1. The summed E-state index contributed by atoms with van der Waals surface area (Å²) in [6.45, 7) is 4.81. The van der Waals surface area contributed by atoms with E-state index in [4.69, 9.17) is 11.6 Å². The number of benzene rings is 2. The SMILES string of the molecule is Cc1ccccc1C(C)NCc1ccc(Cl)c(F)c1. The third kappa shape index (κ3) is 3.55. The van der Waals surface area contributed by atoms with Gasteiger partial charge in [-0.05, 0) is 42.7 Å². The summed E-state index contributed by atoms with van der Waals surface area (Å²) in [5.74, 6) is -0.371. The molecule has 19 heavy (non-hydrogen) atoms. The van der Waals surface area contributed by atoms with E-state index in [0.29, 0.717) is 6.54 Å². The third-order valence-electron chi connectivity index (χ3n) is 3.25.